The topological polar surface area (TPSA) is 42.7 Å². The molecular formula is C20H17ClN4. The lowest BCUT2D eigenvalue weighted by molar-refractivity contribution is 0.846. The van der Waals surface area contributed by atoms with Crippen molar-refractivity contribution >= 4 is 28.2 Å². The Morgan fingerprint density at radius 3 is 2.80 bits per heavy atom. The lowest BCUT2D eigenvalue weighted by Gasteiger charge is -2.07. The minimum Gasteiger partial charge on any atom is -0.365 e. The van der Waals surface area contributed by atoms with Gasteiger partial charge in [-0.05, 0) is 42.1 Å². The van der Waals surface area contributed by atoms with Crippen LogP contribution in [-0.2, 0) is 6.54 Å². The van der Waals surface area contributed by atoms with Gasteiger partial charge in [0, 0.05) is 36.1 Å². The largest absolute Gasteiger partial charge is 0.365 e. The fraction of sp³-hybridized carbons (Fsp3) is 0.100. The van der Waals surface area contributed by atoms with Gasteiger partial charge < -0.3 is 5.32 Å². The molecule has 124 valence electrons. The van der Waals surface area contributed by atoms with E-state index in [9.17, 15) is 0 Å². The van der Waals surface area contributed by atoms with Crippen molar-refractivity contribution in [2.24, 2.45) is 0 Å². The van der Waals surface area contributed by atoms with Crippen LogP contribution in [0.4, 0.5) is 5.82 Å². The first-order chi connectivity index (χ1) is 12.2. The number of pyridine rings is 1. The first-order valence-electron chi connectivity index (χ1n) is 8.09. The van der Waals surface area contributed by atoms with E-state index in [1.165, 1.54) is 10.9 Å². The van der Waals surface area contributed by atoms with Gasteiger partial charge in [-0.1, -0.05) is 35.9 Å². The Kier molecular flexibility index (Phi) is 4.12. The number of anilines is 1. The fourth-order valence-corrected chi connectivity index (χ4v) is 3.08. The molecule has 4 rings (SSSR count). The quantitative estimate of drug-likeness (QED) is 0.564. The van der Waals surface area contributed by atoms with E-state index >= 15 is 0 Å². The molecule has 4 aromatic rings. The van der Waals surface area contributed by atoms with E-state index < -0.39 is 0 Å². The SMILES string of the molecule is Cc1cc(NCc2ccc3cnccc3c2)nn1-c1ccccc1Cl. The Bertz CT molecular complexity index is 1040. The lowest BCUT2D eigenvalue weighted by Crippen LogP contribution is -2.02. The van der Waals surface area contributed by atoms with Crippen LogP contribution in [-0.4, -0.2) is 14.8 Å². The molecule has 0 spiro atoms. The summed E-state index contributed by atoms with van der Waals surface area (Å²) in [4.78, 5) is 4.15. The van der Waals surface area contributed by atoms with Crippen LogP contribution in [0.5, 0.6) is 0 Å². The predicted octanol–water partition coefficient (Wildman–Crippen LogP) is 4.99. The van der Waals surface area contributed by atoms with Crippen molar-refractivity contribution in [1.82, 2.24) is 14.8 Å². The normalized spacial score (nSPS) is 11.0. The summed E-state index contributed by atoms with van der Waals surface area (Å²) in [5.41, 5.74) is 3.11. The fourth-order valence-electron chi connectivity index (χ4n) is 2.86. The molecule has 0 atom stereocenters. The molecule has 0 amide bonds. The average molecular weight is 349 g/mol. The molecule has 1 N–H and O–H groups in total. The van der Waals surface area contributed by atoms with E-state index in [4.69, 9.17) is 11.6 Å². The number of para-hydroxylation sites is 1. The van der Waals surface area contributed by atoms with E-state index in [-0.39, 0.29) is 0 Å². The van der Waals surface area contributed by atoms with Crippen LogP contribution in [0.1, 0.15) is 11.3 Å². The van der Waals surface area contributed by atoms with Gasteiger partial charge in [0.1, 0.15) is 5.82 Å². The Hall–Kier alpha value is -2.85. The Morgan fingerprint density at radius 2 is 1.92 bits per heavy atom. The molecular weight excluding hydrogens is 332 g/mol. The second kappa shape index (κ2) is 6.57. The number of hydrogen-bond acceptors (Lipinski definition) is 3. The average Bonchev–Trinajstić information content (AvgIpc) is 3.01. The third-order valence-electron chi connectivity index (χ3n) is 4.15. The highest BCUT2D eigenvalue weighted by molar-refractivity contribution is 6.32. The first-order valence-corrected chi connectivity index (χ1v) is 8.46. The summed E-state index contributed by atoms with van der Waals surface area (Å²) in [6.07, 6.45) is 3.69. The second-order valence-electron chi connectivity index (χ2n) is 5.94. The van der Waals surface area contributed by atoms with Gasteiger partial charge in [0.25, 0.3) is 0 Å². The third kappa shape index (κ3) is 3.21. The number of nitrogens with zero attached hydrogens (tertiary/aromatic N) is 3. The molecule has 2 aromatic carbocycles. The molecule has 0 unspecified atom stereocenters. The van der Waals surface area contributed by atoms with Crippen molar-refractivity contribution in [2.45, 2.75) is 13.5 Å². The number of fused-ring (bicyclic) bond motifs is 1. The highest BCUT2D eigenvalue weighted by Crippen LogP contribution is 2.23. The number of rotatable bonds is 4. The lowest BCUT2D eigenvalue weighted by atomic mass is 10.1. The molecule has 0 aliphatic rings. The predicted molar refractivity (Wildman–Crippen MR) is 102 cm³/mol. The molecule has 5 heteroatoms. The minimum absolute atomic E-state index is 0.684. The number of benzene rings is 2. The number of hydrogen-bond donors (Lipinski definition) is 1. The smallest absolute Gasteiger partial charge is 0.148 e. The second-order valence-corrected chi connectivity index (χ2v) is 6.35. The highest BCUT2D eigenvalue weighted by atomic mass is 35.5. The van der Waals surface area contributed by atoms with Crippen molar-refractivity contribution in [3.63, 3.8) is 0 Å². The minimum atomic E-state index is 0.684. The molecule has 0 fully saturated rings. The zero-order chi connectivity index (χ0) is 17.2. The van der Waals surface area contributed by atoms with Crippen molar-refractivity contribution in [2.75, 3.05) is 5.32 Å². The Balaban J connectivity index is 1.55. The highest BCUT2D eigenvalue weighted by Gasteiger charge is 2.09. The van der Waals surface area contributed by atoms with Gasteiger partial charge in [0.05, 0.1) is 10.7 Å². The molecule has 0 aliphatic carbocycles. The maximum Gasteiger partial charge on any atom is 0.148 e. The molecule has 0 bridgehead atoms. The van der Waals surface area contributed by atoms with Crippen LogP contribution in [0.15, 0.2) is 67.0 Å². The molecule has 4 nitrogen and oxygen atoms in total. The van der Waals surface area contributed by atoms with Gasteiger partial charge >= 0.3 is 0 Å². The standard InChI is InChI=1S/C20H17ClN4/c1-14-10-20(24-25(14)19-5-3-2-4-18(19)21)23-12-15-6-7-17-13-22-9-8-16(17)11-15/h2-11,13H,12H2,1H3,(H,23,24). The van der Waals surface area contributed by atoms with Gasteiger partial charge in [-0.2, -0.15) is 5.10 Å². The zero-order valence-corrected chi connectivity index (χ0v) is 14.5. The Labute approximate surface area is 151 Å². The van der Waals surface area contributed by atoms with Crippen molar-refractivity contribution in [3.8, 4) is 5.69 Å². The van der Waals surface area contributed by atoms with Crippen LogP contribution in [0, 0.1) is 6.92 Å². The Morgan fingerprint density at radius 1 is 1.04 bits per heavy atom. The van der Waals surface area contributed by atoms with Gasteiger partial charge in [0.2, 0.25) is 0 Å². The van der Waals surface area contributed by atoms with Crippen molar-refractivity contribution in [1.29, 1.82) is 0 Å². The summed E-state index contributed by atoms with van der Waals surface area (Å²) in [5, 5.41) is 11.0. The summed E-state index contributed by atoms with van der Waals surface area (Å²) >= 11 is 6.28. The van der Waals surface area contributed by atoms with E-state index in [1.807, 2.05) is 60.4 Å². The van der Waals surface area contributed by atoms with Crippen LogP contribution in [0.2, 0.25) is 5.02 Å². The summed E-state index contributed by atoms with van der Waals surface area (Å²) in [7, 11) is 0. The van der Waals surface area contributed by atoms with Gasteiger partial charge in [-0.25, -0.2) is 4.68 Å². The number of halogens is 1. The molecule has 0 saturated carbocycles. The van der Waals surface area contributed by atoms with E-state index in [2.05, 4.69) is 33.6 Å². The number of aromatic nitrogens is 3. The summed E-state index contributed by atoms with van der Waals surface area (Å²) < 4.78 is 1.86. The van der Waals surface area contributed by atoms with Crippen LogP contribution in [0.25, 0.3) is 16.5 Å². The van der Waals surface area contributed by atoms with Gasteiger partial charge in [-0.3, -0.25) is 4.98 Å². The van der Waals surface area contributed by atoms with E-state index in [1.54, 1.807) is 0 Å². The van der Waals surface area contributed by atoms with Gasteiger partial charge in [0.15, 0.2) is 0 Å². The molecule has 2 aromatic heterocycles. The van der Waals surface area contributed by atoms with E-state index in [0.717, 1.165) is 22.6 Å². The van der Waals surface area contributed by atoms with Crippen molar-refractivity contribution in [3.05, 3.63) is 83.3 Å². The number of aryl methyl sites for hydroxylation is 1. The third-order valence-corrected chi connectivity index (χ3v) is 4.47. The maximum absolute atomic E-state index is 6.28. The molecule has 25 heavy (non-hydrogen) atoms. The van der Waals surface area contributed by atoms with Crippen LogP contribution >= 0.6 is 11.6 Å². The molecule has 0 saturated heterocycles. The van der Waals surface area contributed by atoms with Crippen LogP contribution in [0.3, 0.4) is 0 Å². The maximum atomic E-state index is 6.28. The molecule has 2 heterocycles. The first kappa shape index (κ1) is 15.7. The number of nitrogens with one attached hydrogen (secondary N) is 1. The summed E-state index contributed by atoms with van der Waals surface area (Å²) in [5.74, 6) is 0.826. The summed E-state index contributed by atoms with van der Waals surface area (Å²) in [6.45, 7) is 2.72. The van der Waals surface area contributed by atoms with Crippen molar-refractivity contribution < 1.29 is 0 Å². The molecule has 0 aliphatic heterocycles. The van der Waals surface area contributed by atoms with Gasteiger partial charge in [-0.15, -0.1) is 0 Å². The monoisotopic (exact) mass is 348 g/mol. The molecule has 0 radical (unpaired) electrons. The summed E-state index contributed by atoms with van der Waals surface area (Å²) in [6, 6.07) is 18.1. The van der Waals surface area contributed by atoms with E-state index in [0.29, 0.717) is 11.6 Å². The zero-order valence-electron chi connectivity index (χ0n) is 13.8. The van der Waals surface area contributed by atoms with Crippen LogP contribution < -0.4 is 5.32 Å².